The molecule has 26 heavy (non-hydrogen) atoms. The number of rotatable bonds is 5. The number of amides is 1. The molecule has 0 saturated carbocycles. The Labute approximate surface area is 153 Å². The number of aryl methyl sites for hydroxylation is 1. The summed E-state index contributed by atoms with van der Waals surface area (Å²) in [5, 5.41) is 0. The topological polar surface area (TPSA) is 88.6 Å². The molecule has 1 aromatic heterocycles. The summed E-state index contributed by atoms with van der Waals surface area (Å²) in [5.41, 5.74) is 1.90. The first-order valence-corrected chi connectivity index (χ1v) is 9.82. The first kappa shape index (κ1) is 18.5. The molecule has 0 radical (unpaired) electrons. The highest BCUT2D eigenvalue weighted by Gasteiger charge is 2.23. The van der Waals surface area contributed by atoms with Crippen LogP contribution in [0.4, 0.5) is 0 Å². The summed E-state index contributed by atoms with van der Waals surface area (Å²) < 4.78 is 33.0. The van der Waals surface area contributed by atoms with Crippen molar-refractivity contribution >= 4 is 15.9 Å². The number of carbonyl (C=O) groups excluding carboxylic acids is 1. The van der Waals surface area contributed by atoms with Crippen LogP contribution in [-0.2, 0) is 21.3 Å². The predicted octanol–water partition coefficient (Wildman–Crippen LogP) is 1.34. The van der Waals surface area contributed by atoms with E-state index in [0.29, 0.717) is 31.9 Å². The number of hydrogen-bond acceptors (Lipinski definition) is 5. The summed E-state index contributed by atoms with van der Waals surface area (Å²) in [4.78, 5) is 18.4. The van der Waals surface area contributed by atoms with Crippen LogP contribution in [0.3, 0.4) is 0 Å². The summed E-state index contributed by atoms with van der Waals surface area (Å²) >= 11 is 0. The average Bonchev–Trinajstić information content (AvgIpc) is 2.68. The lowest BCUT2D eigenvalue weighted by atomic mass is 10.1. The van der Waals surface area contributed by atoms with E-state index in [4.69, 9.17) is 4.74 Å². The number of carbonyl (C=O) groups is 1. The molecule has 2 heterocycles. The van der Waals surface area contributed by atoms with Gasteiger partial charge in [0.25, 0.3) is 5.91 Å². The van der Waals surface area contributed by atoms with Crippen LogP contribution in [0.1, 0.15) is 21.5 Å². The Morgan fingerprint density at radius 1 is 1.27 bits per heavy atom. The van der Waals surface area contributed by atoms with Gasteiger partial charge in [-0.3, -0.25) is 9.78 Å². The van der Waals surface area contributed by atoms with Gasteiger partial charge in [-0.25, -0.2) is 13.1 Å². The number of hydrogen-bond donors (Lipinski definition) is 1. The third kappa shape index (κ3) is 4.27. The summed E-state index contributed by atoms with van der Waals surface area (Å²) in [5.74, 6) is -0.171. The van der Waals surface area contributed by atoms with E-state index in [1.54, 1.807) is 42.4 Å². The average molecular weight is 375 g/mol. The predicted molar refractivity (Wildman–Crippen MR) is 96.2 cm³/mol. The van der Waals surface area contributed by atoms with Crippen LogP contribution in [0, 0.1) is 6.92 Å². The Bertz CT molecular complexity index is 879. The zero-order chi connectivity index (χ0) is 18.6. The molecule has 0 aliphatic carbocycles. The number of ether oxygens (including phenoxy) is 1. The zero-order valence-corrected chi connectivity index (χ0v) is 15.3. The van der Waals surface area contributed by atoms with Crippen molar-refractivity contribution in [3.05, 3.63) is 59.4 Å². The minimum atomic E-state index is -3.74. The standard InChI is InChI=1S/C18H21N3O4S/c1-14-4-5-16(11-17(14)18(22)21-7-9-25-10-8-21)26(23,24)20-13-15-3-2-6-19-12-15/h2-6,11-12,20H,7-10,13H2,1H3. The number of benzene rings is 1. The fourth-order valence-electron chi connectivity index (χ4n) is 2.70. The lowest BCUT2D eigenvalue weighted by Crippen LogP contribution is -2.41. The van der Waals surface area contributed by atoms with Crippen LogP contribution >= 0.6 is 0 Å². The van der Waals surface area contributed by atoms with Crippen molar-refractivity contribution in [2.24, 2.45) is 0 Å². The van der Waals surface area contributed by atoms with Gasteiger partial charge in [-0.15, -0.1) is 0 Å². The van der Waals surface area contributed by atoms with Gasteiger partial charge < -0.3 is 9.64 Å². The minimum absolute atomic E-state index is 0.0728. The Morgan fingerprint density at radius 2 is 2.04 bits per heavy atom. The van der Waals surface area contributed by atoms with Crippen molar-refractivity contribution in [2.45, 2.75) is 18.4 Å². The van der Waals surface area contributed by atoms with Gasteiger partial charge in [0.1, 0.15) is 0 Å². The van der Waals surface area contributed by atoms with Gasteiger partial charge in [-0.1, -0.05) is 12.1 Å². The maximum Gasteiger partial charge on any atom is 0.254 e. The van der Waals surface area contributed by atoms with E-state index in [1.807, 2.05) is 0 Å². The number of sulfonamides is 1. The van der Waals surface area contributed by atoms with E-state index in [2.05, 4.69) is 9.71 Å². The van der Waals surface area contributed by atoms with Gasteiger partial charge in [0.15, 0.2) is 0 Å². The molecule has 1 aliphatic rings. The Kier molecular flexibility index (Phi) is 5.65. The summed E-state index contributed by atoms with van der Waals surface area (Å²) in [6, 6.07) is 8.15. The van der Waals surface area contributed by atoms with E-state index in [9.17, 15) is 13.2 Å². The Hall–Kier alpha value is -2.29. The Morgan fingerprint density at radius 3 is 2.73 bits per heavy atom. The number of pyridine rings is 1. The molecule has 8 heteroatoms. The number of nitrogens with one attached hydrogen (secondary N) is 1. The molecule has 0 atom stereocenters. The minimum Gasteiger partial charge on any atom is -0.378 e. The third-order valence-corrected chi connectivity index (χ3v) is 5.64. The molecular weight excluding hydrogens is 354 g/mol. The molecular formula is C18H21N3O4S. The van der Waals surface area contributed by atoms with Gasteiger partial charge in [-0.2, -0.15) is 0 Å². The molecule has 0 bridgehead atoms. The first-order valence-electron chi connectivity index (χ1n) is 8.33. The molecule has 0 unspecified atom stereocenters. The highest BCUT2D eigenvalue weighted by atomic mass is 32.2. The smallest absolute Gasteiger partial charge is 0.254 e. The van der Waals surface area contributed by atoms with Crippen LogP contribution in [0.2, 0.25) is 0 Å². The molecule has 7 nitrogen and oxygen atoms in total. The maximum absolute atomic E-state index is 12.7. The van der Waals surface area contributed by atoms with Crippen LogP contribution in [0.25, 0.3) is 0 Å². The van der Waals surface area contributed by atoms with E-state index < -0.39 is 10.0 Å². The second-order valence-electron chi connectivity index (χ2n) is 6.07. The summed E-state index contributed by atoms with van der Waals surface area (Å²) in [6.07, 6.45) is 3.23. The molecule has 1 aromatic carbocycles. The quantitative estimate of drug-likeness (QED) is 0.852. The molecule has 1 saturated heterocycles. The van der Waals surface area contributed by atoms with Gasteiger partial charge >= 0.3 is 0 Å². The van der Waals surface area contributed by atoms with Crippen molar-refractivity contribution in [3.8, 4) is 0 Å². The number of aromatic nitrogens is 1. The molecule has 138 valence electrons. The molecule has 0 spiro atoms. The van der Waals surface area contributed by atoms with Gasteiger partial charge in [0, 0.05) is 37.6 Å². The molecule has 1 fully saturated rings. The molecule has 1 N–H and O–H groups in total. The van der Waals surface area contributed by atoms with Crippen LogP contribution in [-0.4, -0.2) is 50.5 Å². The molecule has 1 amide bonds. The van der Waals surface area contributed by atoms with Crippen molar-refractivity contribution in [1.82, 2.24) is 14.6 Å². The molecule has 1 aliphatic heterocycles. The van der Waals surface area contributed by atoms with Crippen LogP contribution < -0.4 is 4.72 Å². The SMILES string of the molecule is Cc1ccc(S(=O)(=O)NCc2cccnc2)cc1C(=O)N1CCOCC1. The lowest BCUT2D eigenvalue weighted by molar-refractivity contribution is 0.0302. The molecule has 3 rings (SSSR count). The van der Waals surface area contributed by atoms with Crippen LogP contribution in [0.15, 0.2) is 47.6 Å². The van der Waals surface area contributed by atoms with Gasteiger partial charge in [0.05, 0.1) is 18.1 Å². The maximum atomic E-state index is 12.7. The van der Waals surface area contributed by atoms with Crippen molar-refractivity contribution < 1.29 is 17.9 Å². The number of morpholine rings is 1. The van der Waals surface area contributed by atoms with E-state index in [0.717, 1.165) is 11.1 Å². The largest absolute Gasteiger partial charge is 0.378 e. The molecule has 2 aromatic rings. The Balaban J connectivity index is 1.80. The van der Waals surface area contributed by atoms with Crippen LogP contribution in [0.5, 0.6) is 0 Å². The van der Waals surface area contributed by atoms with Gasteiger partial charge in [-0.05, 0) is 36.2 Å². The summed E-state index contributed by atoms with van der Waals surface area (Å²) in [6.45, 7) is 3.94. The van der Waals surface area contributed by atoms with Gasteiger partial charge in [0.2, 0.25) is 10.0 Å². The fourth-order valence-corrected chi connectivity index (χ4v) is 3.74. The normalized spacial score (nSPS) is 15.0. The second kappa shape index (κ2) is 7.94. The highest BCUT2D eigenvalue weighted by molar-refractivity contribution is 7.89. The van der Waals surface area contributed by atoms with E-state index in [-0.39, 0.29) is 17.3 Å². The van der Waals surface area contributed by atoms with E-state index in [1.165, 1.54) is 12.1 Å². The highest BCUT2D eigenvalue weighted by Crippen LogP contribution is 2.18. The van der Waals surface area contributed by atoms with Crippen molar-refractivity contribution in [1.29, 1.82) is 0 Å². The number of nitrogens with zero attached hydrogens (tertiary/aromatic N) is 2. The third-order valence-electron chi connectivity index (χ3n) is 4.24. The summed E-state index contributed by atoms with van der Waals surface area (Å²) in [7, 11) is -3.74. The van der Waals surface area contributed by atoms with E-state index >= 15 is 0 Å². The second-order valence-corrected chi connectivity index (χ2v) is 7.83. The zero-order valence-electron chi connectivity index (χ0n) is 14.5. The van der Waals surface area contributed by atoms with Crippen molar-refractivity contribution in [2.75, 3.05) is 26.3 Å². The lowest BCUT2D eigenvalue weighted by Gasteiger charge is -2.27. The fraction of sp³-hybridized carbons (Fsp3) is 0.333. The first-order chi connectivity index (χ1) is 12.5. The monoisotopic (exact) mass is 375 g/mol. The van der Waals surface area contributed by atoms with Crippen molar-refractivity contribution in [3.63, 3.8) is 0 Å².